The highest BCUT2D eigenvalue weighted by Crippen LogP contribution is 2.53. The third-order valence-corrected chi connectivity index (χ3v) is 5.73. The van der Waals surface area contributed by atoms with Crippen LogP contribution in [-0.2, 0) is 32.6 Å². The summed E-state index contributed by atoms with van der Waals surface area (Å²) in [6, 6.07) is 9.39. The minimum absolute atomic E-state index is 0.000540. The highest BCUT2D eigenvalue weighted by molar-refractivity contribution is 7.79. The van der Waals surface area contributed by atoms with Crippen LogP contribution in [0.1, 0.15) is 35.8 Å². The average Bonchev–Trinajstić information content (AvgIpc) is 2.70. The molecule has 0 radical (unpaired) electrons. The average molecular weight is 497 g/mol. The molecule has 0 heterocycles. The van der Waals surface area contributed by atoms with Crippen molar-refractivity contribution in [3.63, 3.8) is 0 Å². The normalized spacial score (nSPS) is 14.6. The fourth-order valence-electron chi connectivity index (χ4n) is 3.15. The molecule has 182 valence electrons. The minimum Gasteiger partial charge on any atom is -0.354 e. The first kappa shape index (κ1) is 26.8. The summed E-state index contributed by atoms with van der Waals surface area (Å²) in [7, 11) is 0. The molecule has 0 bridgehead atoms. The number of amides is 1. The zero-order chi connectivity index (χ0) is 25.0. The highest BCUT2D eigenvalue weighted by Gasteiger charge is 2.73. The quantitative estimate of drug-likeness (QED) is 0.373. The number of benzene rings is 2. The van der Waals surface area contributed by atoms with Gasteiger partial charge in [-0.05, 0) is 37.1 Å². The second kappa shape index (κ2) is 10.2. The van der Waals surface area contributed by atoms with E-state index >= 15 is 0 Å². The van der Waals surface area contributed by atoms with E-state index in [1.807, 2.05) is 0 Å². The van der Waals surface area contributed by atoms with Crippen LogP contribution in [0.3, 0.4) is 0 Å². The summed E-state index contributed by atoms with van der Waals surface area (Å²) in [5.41, 5.74) is -4.52. The summed E-state index contributed by atoms with van der Waals surface area (Å²) >= 11 is -2.06. The molecule has 0 aliphatic heterocycles. The third kappa shape index (κ3) is 5.92. The van der Waals surface area contributed by atoms with Gasteiger partial charge in [0.25, 0.3) is 5.60 Å². The van der Waals surface area contributed by atoms with Gasteiger partial charge in [0.2, 0.25) is 5.91 Å². The van der Waals surface area contributed by atoms with Crippen LogP contribution >= 0.6 is 0 Å². The van der Waals surface area contributed by atoms with Gasteiger partial charge in [-0.15, -0.1) is 0 Å². The Kier molecular flexibility index (Phi) is 8.31. The van der Waals surface area contributed by atoms with Gasteiger partial charge in [0.15, 0.2) is 11.1 Å². The Labute approximate surface area is 188 Å². The number of halogens is 6. The van der Waals surface area contributed by atoms with Gasteiger partial charge in [0.05, 0.1) is 11.7 Å². The molecule has 2 aromatic rings. The molecule has 0 aliphatic rings. The van der Waals surface area contributed by atoms with Crippen molar-refractivity contribution >= 4 is 22.7 Å². The molecular weight excluding hydrogens is 476 g/mol. The van der Waals surface area contributed by atoms with E-state index in [0.29, 0.717) is 23.3 Å². The number of nitrogens with one attached hydrogen (secondary N) is 1. The van der Waals surface area contributed by atoms with E-state index < -0.39 is 52.4 Å². The highest BCUT2D eigenvalue weighted by atomic mass is 32.2. The SMILES string of the molecule is CCOC(c1ccc(NC(=O)Cc2ccc(C(C)S(=O)O)cc2)cc1)(C(F)(F)F)C(F)(F)F. The number of carbonyl (C=O) groups is 1. The summed E-state index contributed by atoms with van der Waals surface area (Å²) in [6.45, 7) is 1.75. The molecule has 12 heteroatoms. The fraction of sp³-hybridized carbons (Fsp3) is 0.381. The Morgan fingerprint density at radius 3 is 1.94 bits per heavy atom. The van der Waals surface area contributed by atoms with Gasteiger partial charge in [-0.1, -0.05) is 36.4 Å². The molecule has 0 saturated heterocycles. The Bertz CT molecular complexity index is 960. The van der Waals surface area contributed by atoms with Crippen LogP contribution in [0.2, 0.25) is 0 Å². The molecule has 0 fully saturated rings. The molecule has 2 atom stereocenters. The van der Waals surface area contributed by atoms with Crippen molar-refractivity contribution in [2.75, 3.05) is 11.9 Å². The standard InChI is InChI=1S/C21H21F6NO4S/c1-3-32-19(20(22,23)24,21(25,26)27)16-8-10-17(11-9-16)28-18(29)12-14-4-6-15(7-5-14)13(2)33(30)31/h4-11,13H,3,12H2,1-2H3,(H,28,29)(H,30,31). The van der Waals surface area contributed by atoms with Gasteiger partial charge in [0, 0.05) is 17.9 Å². The monoisotopic (exact) mass is 497 g/mol. The second-order valence-corrected chi connectivity index (χ2v) is 8.33. The molecule has 0 spiro atoms. The predicted octanol–water partition coefficient (Wildman–Crippen LogP) is 5.51. The van der Waals surface area contributed by atoms with Crippen molar-refractivity contribution in [2.45, 2.75) is 43.5 Å². The number of carbonyl (C=O) groups excluding carboxylic acids is 1. The lowest BCUT2D eigenvalue weighted by molar-refractivity contribution is -0.388. The van der Waals surface area contributed by atoms with Gasteiger partial charge >= 0.3 is 12.4 Å². The first-order chi connectivity index (χ1) is 15.2. The molecule has 0 saturated carbocycles. The van der Waals surface area contributed by atoms with Crippen molar-refractivity contribution in [2.24, 2.45) is 0 Å². The maximum Gasteiger partial charge on any atom is 0.430 e. The van der Waals surface area contributed by atoms with E-state index in [-0.39, 0.29) is 12.1 Å². The lowest BCUT2D eigenvalue weighted by Crippen LogP contribution is -2.56. The zero-order valence-electron chi connectivity index (χ0n) is 17.5. The molecule has 2 aromatic carbocycles. The number of hydrogen-bond acceptors (Lipinski definition) is 3. The second-order valence-electron chi connectivity index (χ2n) is 7.07. The Morgan fingerprint density at radius 2 is 1.52 bits per heavy atom. The van der Waals surface area contributed by atoms with Crippen LogP contribution in [0.4, 0.5) is 32.0 Å². The van der Waals surface area contributed by atoms with E-state index in [4.69, 9.17) is 4.55 Å². The molecule has 0 aliphatic carbocycles. The van der Waals surface area contributed by atoms with E-state index in [0.717, 1.165) is 19.1 Å². The Hall–Kier alpha value is -2.44. The van der Waals surface area contributed by atoms with Gasteiger partial charge in [-0.3, -0.25) is 4.79 Å². The first-order valence-electron chi connectivity index (χ1n) is 9.59. The van der Waals surface area contributed by atoms with Crippen molar-refractivity contribution in [3.8, 4) is 0 Å². The lowest BCUT2D eigenvalue weighted by Gasteiger charge is -2.37. The molecule has 2 unspecified atom stereocenters. The summed E-state index contributed by atoms with van der Waals surface area (Å²) in [4.78, 5) is 12.2. The lowest BCUT2D eigenvalue weighted by atomic mass is 9.91. The summed E-state index contributed by atoms with van der Waals surface area (Å²) in [5.74, 6) is -0.558. The number of anilines is 1. The maximum absolute atomic E-state index is 13.5. The van der Waals surface area contributed by atoms with Gasteiger partial charge in [0.1, 0.15) is 0 Å². The number of rotatable bonds is 8. The van der Waals surface area contributed by atoms with E-state index in [9.17, 15) is 35.3 Å². The van der Waals surface area contributed by atoms with Crippen LogP contribution in [0.5, 0.6) is 0 Å². The molecule has 0 aromatic heterocycles. The summed E-state index contributed by atoms with van der Waals surface area (Å²) < 4.78 is 105. The zero-order valence-corrected chi connectivity index (χ0v) is 18.3. The Morgan fingerprint density at radius 1 is 1.00 bits per heavy atom. The molecule has 1 amide bonds. The van der Waals surface area contributed by atoms with Gasteiger partial charge in [-0.2, -0.15) is 26.3 Å². The van der Waals surface area contributed by atoms with Crippen molar-refractivity contribution in [1.29, 1.82) is 0 Å². The molecule has 2 N–H and O–H groups in total. The van der Waals surface area contributed by atoms with Crippen LogP contribution in [0.25, 0.3) is 0 Å². The van der Waals surface area contributed by atoms with Crippen molar-refractivity contribution in [1.82, 2.24) is 0 Å². The fourth-order valence-corrected chi connectivity index (χ4v) is 3.54. The summed E-state index contributed by atoms with van der Waals surface area (Å²) in [5, 5.41) is 1.78. The van der Waals surface area contributed by atoms with Crippen molar-refractivity contribution in [3.05, 3.63) is 65.2 Å². The number of hydrogen-bond donors (Lipinski definition) is 2. The van der Waals surface area contributed by atoms with E-state index in [2.05, 4.69) is 10.1 Å². The predicted molar refractivity (Wildman–Crippen MR) is 110 cm³/mol. The van der Waals surface area contributed by atoms with Gasteiger partial charge < -0.3 is 14.6 Å². The van der Waals surface area contributed by atoms with Crippen molar-refractivity contribution < 1.29 is 44.6 Å². The molecular formula is C21H21F6NO4S. The van der Waals surface area contributed by atoms with Gasteiger partial charge in [-0.25, -0.2) is 4.21 Å². The van der Waals surface area contributed by atoms with Crippen LogP contribution in [0, 0.1) is 0 Å². The topological polar surface area (TPSA) is 75.6 Å². The molecule has 5 nitrogen and oxygen atoms in total. The maximum atomic E-state index is 13.5. The minimum atomic E-state index is -5.77. The van der Waals surface area contributed by atoms with E-state index in [1.54, 1.807) is 31.2 Å². The summed E-state index contributed by atoms with van der Waals surface area (Å²) in [6.07, 6.45) is -11.7. The first-order valence-corrected chi connectivity index (χ1v) is 10.8. The third-order valence-electron chi connectivity index (χ3n) is 4.85. The Balaban J connectivity index is 2.18. The number of alkyl halides is 6. The number of ether oxygens (including phenoxy) is 1. The smallest absolute Gasteiger partial charge is 0.354 e. The van der Waals surface area contributed by atoms with Crippen LogP contribution < -0.4 is 5.32 Å². The largest absolute Gasteiger partial charge is 0.430 e. The van der Waals surface area contributed by atoms with E-state index in [1.165, 1.54) is 0 Å². The molecule has 2 rings (SSSR count). The van der Waals surface area contributed by atoms with Crippen LogP contribution in [0.15, 0.2) is 48.5 Å². The molecule has 33 heavy (non-hydrogen) atoms. The van der Waals surface area contributed by atoms with Crippen LogP contribution in [-0.4, -0.2) is 33.6 Å².